The molecule has 0 fully saturated rings. The Bertz CT molecular complexity index is 498. The van der Waals surface area contributed by atoms with Gasteiger partial charge in [-0.25, -0.2) is 4.98 Å². The van der Waals surface area contributed by atoms with Crippen molar-refractivity contribution in [3.05, 3.63) is 36.2 Å². The van der Waals surface area contributed by atoms with Crippen LogP contribution >= 0.6 is 11.5 Å². The summed E-state index contributed by atoms with van der Waals surface area (Å²) in [4.78, 5) is 15.5. The Balaban J connectivity index is 1.82. The van der Waals surface area contributed by atoms with Gasteiger partial charge in [-0.1, -0.05) is 18.2 Å². The highest BCUT2D eigenvalue weighted by Gasteiger charge is 2.06. The molecule has 0 spiro atoms. The maximum absolute atomic E-state index is 11.5. The molecule has 0 saturated carbocycles. The van der Waals surface area contributed by atoms with Crippen LogP contribution < -0.4 is 10.1 Å². The first-order valence-corrected chi connectivity index (χ1v) is 5.79. The summed E-state index contributed by atoms with van der Waals surface area (Å²) in [5.74, 6) is 1.07. The number of nitrogens with one attached hydrogen (secondary N) is 1. The van der Waals surface area contributed by atoms with Crippen LogP contribution in [0.3, 0.4) is 0 Å². The molecule has 1 aromatic heterocycles. The Labute approximate surface area is 103 Å². The third kappa shape index (κ3) is 3.53. The van der Waals surface area contributed by atoms with Crippen molar-refractivity contribution < 1.29 is 9.53 Å². The molecule has 0 aliphatic rings. The minimum Gasteiger partial charge on any atom is -0.484 e. The number of nitrogens with zero attached hydrogens (tertiary/aromatic N) is 2. The molecule has 1 N–H and O–H groups in total. The fourth-order valence-electron chi connectivity index (χ4n) is 1.17. The molecule has 0 unspecified atom stereocenters. The van der Waals surface area contributed by atoms with Gasteiger partial charge in [0.15, 0.2) is 6.61 Å². The molecule has 1 amide bonds. The van der Waals surface area contributed by atoms with Crippen LogP contribution in [0.5, 0.6) is 5.75 Å². The summed E-state index contributed by atoms with van der Waals surface area (Å²) in [6, 6.07) is 9.17. The molecule has 6 heteroatoms. The van der Waals surface area contributed by atoms with Crippen LogP contribution in [0.1, 0.15) is 5.82 Å². The Hall–Kier alpha value is -1.95. The number of carbonyl (C=O) groups excluding carboxylic acids is 1. The summed E-state index contributed by atoms with van der Waals surface area (Å²) in [6.07, 6.45) is 0. The second kappa shape index (κ2) is 5.40. The highest BCUT2D eigenvalue weighted by atomic mass is 32.1. The second-order valence-electron chi connectivity index (χ2n) is 3.30. The molecule has 5 nitrogen and oxygen atoms in total. The molecule has 2 rings (SSSR count). The van der Waals surface area contributed by atoms with Gasteiger partial charge < -0.3 is 4.74 Å². The van der Waals surface area contributed by atoms with E-state index in [1.54, 1.807) is 19.1 Å². The third-order valence-corrected chi connectivity index (χ3v) is 2.61. The summed E-state index contributed by atoms with van der Waals surface area (Å²) in [5.41, 5.74) is 0. The number of hydrogen-bond donors (Lipinski definition) is 1. The van der Waals surface area contributed by atoms with Crippen molar-refractivity contribution in [2.24, 2.45) is 0 Å². The monoisotopic (exact) mass is 249 g/mol. The molecular weight excluding hydrogens is 238 g/mol. The minimum atomic E-state index is -0.245. The average molecular weight is 249 g/mol. The highest BCUT2D eigenvalue weighted by molar-refractivity contribution is 7.09. The van der Waals surface area contributed by atoms with Crippen LogP contribution in [0.15, 0.2) is 30.3 Å². The zero-order chi connectivity index (χ0) is 12.1. The highest BCUT2D eigenvalue weighted by Crippen LogP contribution is 2.11. The second-order valence-corrected chi connectivity index (χ2v) is 4.05. The summed E-state index contributed by atoms with van der Waals surface area (Å²) >= 11 is 1.15. The standard InChI is InChI=1S/C11H11N3O2S/c1-8-12-11(17-14-8)13-10(15)7-16-9-5-3-2-4-6-9/h2-6H,7H2,1H3,(H,12,13,14,15). The molecule has 0 atom stereocenters. The van der Waals surface area contributed by atoms with Crippen molar-refractivity contribution in [3.8, 4) is 5.75 Å². The van der Waals surface area contributed by atoms with Crippen LogP contribution in [0.2, 0.25) is 0 Å². The third-order valence-electron chi connectivity index (χ3n) is 1.89. The summed E-state index contributed by atoms with van der Waals surface area (Å²) in [7, 11) is 0. The first-order valence-electron chi connectivity index (χ1n) is 5.02. The fourth-order valence-corrected chi connectivity index (χ4v) is 1.76. The number of anilines is 1. The molecule has 0 aliphatic carbocycles. The van der Waals surface area contributed by atoms with E-state index in [1.807, 2.05) is 18.2 Å². The number of aromatic nitrogens is 2. The number of rotatable bonds is 4. The lowest BCUT2D eigenvalue weighted by Crippen LogP contribution is -2.20. The molecule has 88 valence electrons. The quantitative estimate of drug-likeness (QED) is 0.898. The van der Waals surface area contributed by atoms with Gasteiger partial charge in [0.1, 0.15) is 11.6 Å². The first kappa shape index (κ1) is 11.5. The van der Waals surface area contributed by atoms with E-state index in [0.29, 0.717) is 16.7 Å². The van der Waals surface area contributed by atoms with E-state index < -0.39 is 0 Å². The first-order chi connectivity index (χ1) is 8.24. The largest absolute Gasteiger partial charge is 0.484 e. The van der Waals surface area contributed by atoms with Gasteiger partial charge >= 0.3 is 0 Å². The van der Waals surface area contributed by atoms with Gasteiger partial charge in [-0.05, 0) is 19.1 Å². The molecule has 0 saturated heterocycles. The lowest BCUT2D eigenvalue weighted by Gasteiger charge is -2.04. The number of aryl methyl sites for hydroxylation is 1. The predicted octanol–water partition coefficient (Wildman–Crippen LogP) is 1.86. The number of hydrogen-bond acceptors (Lipinski definition) is 5. The Morgan fingerprint density at radius 3 is 2.82 bits per heavy atom. The lowest BCUT2D eigenvalue weighted by atomic mass is 10.3. The maximum atomic E-state index is 11.5. The summed E-state index contributed by atoms with van der Waals surface area (Å²) < 4.78 is 9.25. The van der Waals surface area contributed by atoms with E-state index in [4.69, 9.17) is 4.74 Å². The van der Waals surface area contributed by atoms with Crippen molar-refractivity contribution in [3.63, 3.8) is 0 Å². The molecule has 17 heavy (non-hydrogen) atoms. The van der Waals surface area contributed by atoms with Crippen LogP contribution in [0.4, 0.5) is 5.13 Å². The lowest BCUT2D eigenvalue weighted by molar-refractivity contribution is -0.118. The molecule has 0 radical (unpaired) electrons. The van der Waals surface area contributed by atoms with Gasteiger partial charge in [-0.15, -0.1) is 0 Å². The van der Waals surface area contributed by atoms with Crippen LogP contribution in [0.25, 0.3) is 0 Å². The van der Waals surface area contributed by atoms with Crippen molar-refractivity contribution in [2.45, 2.75) is 6.92 Å². The number of ether oxygens (including phenoxy) is 1. The number of amides is 1. The fraction of sp³-hybridized carbons (Fsp3) is 0.182. The van der Waals surface area contributed by atoms with Gasteiger partial charge in [-0.3, -0.25) is 10.1 Å². The number of benzene rings is 1. The minimum absolute atomic E-state index is 0.0390. The van der Waals surface area contributed by atoms with Gasteiger partial charge in [0, 0.05) is 11.5 Å². The molecule has 1 aromatic carbocycles. The Morgan fingerprint density at radius 1 is 1.41 bits per heavy atom. The van der Waals surface area contributed by atoms with Gasteiger partial charge in [0.25, 0.3) is 5.91 Å². The Morgan fingerprint density at radius 2 is 2.18 bits per heavy atom. The van der Waals surface area contributed by atoms with E-state index in [1.165, 1.54) is 0 Å². The molecule has 0 aliphatic heterocycles. The van der Waals surface area contributed by atoms with Crippen molar-refractivity contribution in [1.29, 1.82) is 0 Å². The van der Waals surface area contributed by atoms with E-state index in [0.717, 1.165) is 11.5 Å². The van der Waals surface area contributed by atoms with Crippen molar-refractivity contribution >= 4 is 22.6 Å². The van der Waals surface area contributed by atoms with Gasteiger partial charge in [0.2, 0.25) is 5.13 Å². The average Bonchev–Trinajstić information content (AvgIpc) is 2.73. The normalized spacial score (nSPS) is 9.94. The topological polar surface area (TPSA) is 64.1 Å². The van der Waals surface area contributed by atoms with Crippen molar-refractivity contribution in [1.82, 2.24) is 9.36 Å². The number of carbonyl (C=O) groups is 1. The van der Waals surface area contributed by atoms with Gasteiger partial charge in [-0.2, -0.15) is 4.37 Å². The van der Waals surface area contributed by atoms with Gasteiger partial charge in [0.05, 0.1) is 0 Å². The zero-order valence-electron chi connectivity index (χ0n) is 9.21. The van der Waals surface area contributed by atoms with Crippen LogP contribution in [-0.2, 0) is 4.79 Å². The molecule has 2 aromatic rings. The van der Waals surface area contributed by atoms with Crippen LogP contribution in [0, 0.1) is 6.92 Å². The summed E-state index contributed by atoms with van der Waals surface area (Å²) in [6.45, 7) is 1.73. The van der Waals surface area contributed by atoms with E-state index >= 15 is 0 Å². The summed E-state index contributed by atoms with van der Waals surface area (Å²) in [5, 5.41) is 3.10. The predicted molar refractivity (Wildman–Crippen MR) is 65.2 cm³/mol. The Kier molecular flexibility index (Phi) is 3.66. The smallest absolute Gasteiger partial charge is 0.264 e. The van der Waals surface area contributed by atoms with Crippen molar-refractivity contribution in [2.75, 3.05) is 11.9 Å². The number of para-hydroxylation sites is 1. The molecular formula is C11H11N3O2S. The maximum Gasteiger partial charge on any atom is 0.264 e. The zero-order valence-corrected chi connectivity index (χ0v) is 10.0. The van der Waals surface area contributed by atoms with E-state index in [2.05, 4.69) is 14.7 Å². The molecule has 0 bridgehead atoms. The van der Waals surface area contributed by atoms with E-state index in [-0.39, 0.29) is 12.5 Å². The SMILES string of the molecule is Cc1nsc(NC(=O)COc2ccccc2)n1. The van der Waals surface area contributed by atoms with E-state index in [9.17, 15) is 4.79 Å². The molecule has 1 heterocycles. The van der Waals surface area contributed by atoms with Crippen LogP contribution in [-0.4, -0.2) is 21.9 Å².